The number of nitrogens with one attached hydrogen (secondary N) is 1. The van der Waals surface area contributed by atoms with Gasteiger partial charge in [-0.15, -0.1) is 11.3 Å². The van der Waals surface area contributed by atoms with E-state index < -0.39 is 12.0 Å². The number of esters is 1. The lowest BCUT2D eigenvalue weighted by Gasteiger charge is -2.38. The number of amides is 2. The third kappa shape index (κ3) is 5.14. The highest BCUT2D eigenvalue weighted by Crippen LogP contribution is 2.30. The van der Waals surface area contributed by atoms with Crippen molar-refractivity contribution in [1.29, 1.82) is 0 Å². The molecule has 1 aliphatic rings. The SMILES string of the molecule is COC(=O)C(c1ccccc1Cl)N1CCN(C(=O)c2ccccc2NC(=O)c2cccs2)CC1. The van der Waals surface area contributed by atoms with Gasteiger partial charge in [-0.05, 0) is 35.2 Å². The molecule has 0 radical (unpaired) electrons. The van der Waals surface area contributed by atoms with Gasteiger partial charge in [0.15, 0.2) is 0 Å². The summed E-state index contributed by atoms with van der Waals surface area (Å²) in [7, 11) is 1.35. The van der Waals surface area contributed by atoms with Crippen molar-refractivity contribution in [3.63, 3.8) is 0 Å². The molecular weight excluding hydrogens is 474 g/mol. The zero-order valence-corrected chi connectivity index (χ0v) is 20.1. The van der Waals surface area contributed by atoms with Gasteiger partial charge in [0.05, 0.1) is 23.2 Å². The van der Waals surface area contributed by atoms with E-state index in [9.17, 15) is 14.4 Å². The molecule has 1 aromatic heterocycles. The normalized spacial score (nSPS) is 14.9. The van der Waals surface area contributed by atoms with Crippen molar-refractivity contribution in [2.75, 3.05) is 38.6 Å². The first-order valence-corrected chi connectivity index (χ1v) is 12.0. The summed E-state index contributed by atoms with van der Waals surface area (Å²) in [5.74, 6) is -0.815. The maximum absolute atomic E-state index is 13.3. The molecule has 3 aromatic rings. The van der Waals surface area contributed by atoms with Crippen molar-refractivity contribution in [2.45, 2.75) is 6.04 Å². The Morgan fingerprint density at radius 1 is 0.971 bits per heavy atom. The topological polar surface area (TPSA) is 79.0 Å². The Labute approximate surface area is 206 Å². The molecule has 0 aliphatic carbocycles. The molecule has 1 saturated heterocycles. The van der Waals surface area contributed by atoms with E-state index in [1.54, 1.807) is 47.4 Å². The number of para-hydroxylation sites is 1. The summed E-state index contributed by atoms with van der Waals surface area (Å²) in [6.07, 6.45) is 0. The van der Waals surface area contributed by atoms with Gasteiger partial charge in [0.25, 0.3) is 11.8 Å². The number of carbonyl (C=O) groups is 3. The van der Waals surface area contributed by atoms with Gasteiger partial charge in [0, 0.05) is 31.2 Å². The zero-order valence-electron chi connectivity index (χ0n) is 18.6. The monoisotopic (exact) mass is 497 g/mol. The fourth-order valence-corrected chi connectivity index (χ4v) is 4.86. The van der Waals surface area contributed by atoms with Crippen LogP contribution in [0.2, 0.25) is 5.02 Å². The van der Waals surface area contributed by atoms with E-state index in [-0.39, 0.29) is 11.8 Å². The first kappa shape index (κ1) is 23.9. The molecule has 1 unspecified atom stereocenters. The molecule has 2 heterocycles. The van der Waals surface area contributed by atoms with Crippen LogP contribution in [0.15, 0.2) is 66.0 Å². The average Bonchev–Trinajstić information content (AvgIpc) is 3.41. The van der Waals surface area contributed by atoms with Crippen LogP contribution < -0.4 is 5.32 Å². The standard InChI is InChI=1S/C25H24ClN3O4S/c1-33-25(32)22(17-7-2-4-9-19(17)26)28-12-14-29(15-13-28)24(31)18-8-3-5-10-20(18)27-23(30)21-11-6-16-34-21/h2-11,16,22H,12-15H2,1H3,(H,27,30). The summed E-state index contributed by atoms with van der Waals surface area (Å²) >= 11 is 7.70. The lowest BCUT2D eigenvalue weighted by Crippen LogP contribution is -2.51. The number of carbonyl (C=O) groups excluding carboxylic acids is 3. The zero-order chi connectivity index (χ0) is 24.1. The molecular formula is C25H24ClN3O4S. The third-order valence-electron chi connectivity index (χ3n) is 5.74. The fourth-order valence-electron chi connectivity index (χ4n) is 4.01. The number of hydrogen-bond acceptors (Lipinski definition) is 6. The average molecular weight is 498 g/mol. The van der Waals surface area contributed by atoms with E-state index in [0.717, 1.165) is 0 Å². The third-order valence-corrected chi connectivity index (χ3v) is 6.95. The van der Waals surface area contributed by atoms with E-state index >= 15 is 0 Å². The van der Waals surface area contributed by atoms with Crippen LogP contribution in [0.1, 0.15) is 31.6 Å². The molecule has 0 spiro atoms. The van der Waals surface area contributed by atoms with Crippen LogP contribution in [0.25, 0.3) is 0 Å². The molecule has 0 saturated carbocycles. The molecule has 2 amide bonds. The van der Waals surface area contributed by atoms with E-state index in [4.69, 9.17) is 16.3 Å². The van der Waals surface area contributed by atoms with Gasteiger partial charge >= 0.3 is 5.97 Å². The highest BCUT2D eigenvalue weighted by Gasteiger charge is 2.34. The Morgan fingerprint density at radius 3 is 2.35 bits per heavy atom. The van der Waals surface area contributed by atoms with E-state index in [2.05, 4.69) is 5.32 Å². The Hall–Kier alpha value is -3.20. The highest BCUT2D eigenvalue weighted by molar-refractivity contribution is 7.12. The molecule has 176 valence electrons. The van der Waals surface area contributed by atoms with E-state index in [0.29, 0.717) is 52.9 Å². The number of thiophene rings is 1. The van der Waals surface area contributed by atoms with Crippen LogP contribution in [0.4, 0.5) is 5.69 Å². The van der Waals surface area contributed by atoms with Crippen molar-refractivity contribution >= 4 is 46.4 Å². The molecule has 1 fully saturated rings. The van der Waals surface area contributed by atoms with Crippen LogP contribution in [-0.4, -0.2) is 60.9 Å². The lowest BCUT2D eigenvalue weighted by molar-refractivity contribution is -0.148. The van der Waals surface area contributed by atoms with Gasteiger partial charge < -0.3 is 15.0 Å². The second-order valence-corrected chi connectivity index (χ2v) is 9.11. The predicted octanol–water partition coefficient (Wildman–Crippen LogP) is 4.33. The van der Waals surface area contributed by atoms with E-state index in [1.165, 1.54) is 18.4 Å². The molecule has 0 bridgehead atoms. The number of hydrogen-bond donors (Lipinski definition) is 1. The highest BCUT2D eigenvalue weighted by atomic mass is 35.5. The van der Waals surface area contributed by atoms with Crippen LogP contribution in [0.3, 0.4) is 0 Å². The number of halogens is 1. The second kappa shape index (κ2) is 10.8. The molecule has 1 N–H and O–H groups in total. The largest absolute Gasteiger partial charge is 0.468 e. The maximum atomic E-state index is 13.3. The molecule has 1 atom stereocenters. The molecule has 9 heteroatoms. The number of piperazine rings is 1. The van der Waals surface area contributed by atoms with Gasteiger partial charge in [-0.1, -0.05) is 48.0 Å². The van der Waals surface area contributed by atoms with Crippen molar-refractivity contribution in [2.24, 2.45) is 0 Å². The fraction of sp³-hybridized carbons (Fsp3) is 0.240. The lowest BCUT2D eigenvalue weighted by atomic mass is 10.0. The molecule has 34 heavy (non-hydrogen) atoms. The van der Waals surface area contributed by atoms with Crippen molar-refractivity contribution in [3.8, 4) is 0 Å². The first-order valence-electron chi connectivity index (χ1n) is 10.8. The summed E-state index contributed by atoms with van der Waals surface area (Å²) in [5.41, 5.74) is 1.57. The number of benzene rings is 2. The van der Waals surface area contributed by atoms with Crippen LogP contribution >= 0.6 is 22.9 Å². The van der Waals surface area contributed by atoms with Crippen LogP contribution in [-0.2, 0) is 9.53 Å². The summed E-state index contributed by atoms with van der Waals surface area (Å²) in [4.78, 5) is 42.7. The van der Waals surface area contributed by atoms with Crippen molar-refractivity contribution in [3.05, 3.63) is 87.1 Å². The number of nitrogens with zero attached hydrogens (tertiary/aromatic N) is 2. The number of methoxy groups -OCH3 is 1. The van der Waals surface area contributed by atoms with Gasteiger partial charge in [0.1, 0.15) is 6.04 Å². The Morgan fingerprint density at radius 2 is 1.68 bits per heavy atom. The smallest absolute Gasteiger partial charge is 0.327 e. The van der Waals surface area contributed by atoms with Crippen LogP contribution in [0, 0.1) is 0 Å². The molecule has 7 nitrogen and oxygen atoms in total. The summed E-state index contributed by atoms with van der Waals surface area (Å²) in [5, 5.41) is 5.17. The minimum absolute atomic E-state index is 0.172. The Bertz CT molecular complexity index is 1180. The quantitative estimate of drug-likeness (QED) is 0.513. The van der Waals surface area contributed by atoms with Gasteiger partial charge in [-0.25, -0.2) is 4.79 Å². The maximum Gasteiger partial charge on any atom is 0.327 e. The summed E-state index contributed by atoms with van der Waals surface area (Å²) in [6, 6.07) is 17.1. The molecule has 4 rings (SSSR count). The Balaban J connectivity index is 1.47. The number of ether oxygens (including phenoxy) is 1. The number of anilines is 1. The van der Waals surface area contributed by atoms with Gasteiger partial charge in [0.2, 0.25) is 0 Å². The number of rotatable bonds is 6. The molecule has 2 aromatic carbocycles. The summed E-state index contributed by atoms with van der Waals surface area (Å²) < 4.78 is 5.04. The second-order valence-electron chi connectivity index (χ2n) is 7.75. The van der Waals surface area contributed by atoms with E-state index in [1.807, 2.05) is 28.5 Å². The minimum Gasteiger partial charge on any atom is -0.468 e. The Kier molecular flexibility index (Phi) is 7.62. The predicted molar refractivity (Wildman–Crippen MR) is 132 cm³/mol. The molecule has 1 aliphatic heterocycles. The first-order chi connectivity index (χ1) is 16.5. The van der Waals surface area contributed by atoms with Crippen LogP contribution in [0.5, 0.6) is 0 Å². The van der Waals surface area contributed by atoms with Crippen molar-refractivity contribution in [1.82, 2.24) is 9.80 Å². The van der Waals surface area contributed by atoms with Gasteiger partial charge in [-0.3, -0.25) is 14.5 Å². The van der Waals surface area contributed by atoms with Gasteiger partial charge in [-0.2, -0.15) is 0 Å². The van der Waals surface area contributed by atoms with Crippen molar-refractivity contribution < 1.29 is 19.1 Å². The minimum atomic E-state index is -0.645. The summed E-state index contributed by atoms with van der Waals surface area (Å²) in [6.45, 7) is 1.79.